The van der Waals surface area contributed by atoms with Gasteiger partial charge < -0.3 is 9.72 Å². The fourth-order valence-corrected chi connectivity index (χ4v) is 4.57. The van der Waals surface area contributed by atoms with Crippen LogP contribution in [-0.2, 0) is 6.42 Å². The Morgan fingerprint density at radius 1 is 1.17 bits per heavy atom. The minimum Gasteiger partial charge on any atom is -0.494 e. The Morgan fingerprint density at radius 3 is 2.47 bits per heavy atom. The van der Waals surface area contributed by atoms with Crippen molar-refractivity contribution >= 4 is 10.9 Å². The first-order chi connectivity index (χ1) is 14.2. The first-order valence-corrected chi connectivity index (χ1v) is 10.4. The zero-order valence-electron chi connectivity index (χ0n) is 17.7. The first kappa shape index (κ1) is 20.8. The Balaban J connectivity index is 1.93. The number of aromatic amines is 1. The molecule has 2 heterocycles. The van der Waals surface area contributed by atoms with E-state index in [0.29, 0.717) is 13.0 Å². The van der Waals surface area contributed by atoms with Crippen molar-refractivity contribution in [2.45, 2.75) is 51.9 Å². The molecule has 30 heavy (non-hydrogen) atoms. The van der Waals surface area contributed by atoms with E-state index in [1.165, 1.54) is 26.0 Å². The summed E-state index contributed by atoms with van der Waals surface area (Å²) in [7, 11) is 0. The lowest BCUT2D eigenvalue weighted by atomic mass is 9.87. The Kier molecular flexibility index (Phi) is 5.30. The van der Waals surface area contributed by atoms with Gasteiger partial charge in [0.2, 0.25) is 0 Å². The summed E-state index contributed by atoms with van der Waals surface area (Å²) >= 11 is 0. The van der Waals surface area contributed by atoms with E-state index in [9.17, 15) is 4.39 Å². The fourth-order valence-electron chi connectivity index (χ4n) is 4.57. The number of rotatable bonds is 5. The molecule has 0 fully saturated rings. The van der Waals surface area contributed by atoms with E-state index in [1.54, 1.807) is 6.92 Å². The zero-order valence-corrected chi connectivity index (χ0v) is 17.7. The summed E-state index contributed by atoms with van der Waals surface area (Å²) in [6, 6.07) is 9.39. The van der Waals surface area contributed by atoms with Crippen LogP contribution in [0.3, 0.4) is 0 Å². The summed E-state index contributed by atoms with van der Waals surface area (Å²) in [6.45, 7) is 7.08. The maximum Gasteiger partial charge on any atom is 0.135 e. The van der Waals surface area contributed by atoms with Crippen LogP contribution in [-0.4, -0.2) is 34.7 Å². The Labute approximate surface area is 174 Å². The fraction of sp³-hybridized carbons (Fsp3) is 0.417. The number of nitrogens with zero attached hydrogens (tertiary/aromatic N) is 1. The molecule has 2 aromatic carbocycles. The number of hydrogen-bond donors (Lipinski definition) is 1. The van der Waals surface area contributed by atoms with Gasteiger partial charge in [-0.1, -0.05) is 18.2 Å². The van der Waals surface area contributed by atoms with E-state index in [-0.39, 0.29) is 23.9 Å². The second-order valence-corrected chi connectivity index (χ2v) is 8.64. The molecule has 3 nitrogen and oxygen atoms in total. The SMILES string of the molecule is CCOc1cc(F)c(C2c3[nH]c4ccccc4c3CC(C)N2CC(C)(C)F)c(F)c1. The van der Waals surface area contributed by atoms with Crippen molar-refractivity contribution < 1.29 is 17.9 Å². The van der Waals surface area contributed by atoms with Crippen LogP contribution in [0.1, 0.15) is 50.6 Å². The molecule has 1 N–H and O–H groups in total. The van der Waals surface area contributed by atoms with Crippen molar-refractivity contribution in [1.82, 2.24) is 9.88 Å². The number of hydrogen-bond acceptors (Lipinski definition) is 2. The van der Waals surface area contributed by atoms with Crippen LogP contribution in [0.15, 0.2) is 36.4 Å². The summed E-state index contributed by atoms with van der Waals surface area (Å²) in [6.07, 6.45) is 0.673. The highest BCUT2D eigenvalue weighted by Gasteiger charge is 2.40. The van der Waals surface area contributed by atoms with E-state index in [4.69, 9.17) is 4.74 Å². The second-order valence-electron chi connectivity index (χ2n) is 8.64. The van der Waals surface area contributed by atoms with E-state index in [2.05, 4.69) is 4.98 Å². The van der Waals surface area contributed by atoms with Gasteiger partial charge in [0.1, 0.15) is 23.1 Å². The minimum absolute atomic E-state index is 0.0553. The summed E-state index contributed by atoms with van der Waals surface area (Å²) < 4.78 is 50.5. The molecule has 1 aromatic heterocycles. The number of H-pyrrole nitrogens is 1. The maximum absolute atomic E-state index is 15.2. The van der Waals surface area contributed by atoms with Crippen molar-refractivity contribution in [3.05, 3.63) is 64.9 Å². The molecule has 2 atom stereocenters. The summed E-state index contributed by atoms with van der Waals surface area (Å²) in [5.41, 5.74) is 1.06. The molecule has 0 aliphatic carbocycles. The highest BCUT2D eigenvalue weighted by Crippen LogP contribution is 2.43. The summed E-state index contributed by atoms with van der Waals surface area (Å²) in [5.74, 6) is -1.23. The van der Waals surface area contributed by atoms with Gasteiger partial charge in [-0.15, -0.1) is 0 Å². The normalized spacial score (nSPS) is 19.8. The van der Waals surface area contributed by atoms with Gasteiger partial charge in [0.25, 0.3) is 0 Å². The van der Waals surface area contributed by atoms with Crippen LogP contribution >= 0.6 is 0 Å². The molecular weight excluding hydrogens is 389 g/mol. The lowest BCUT2D eigenvalue weighted by Gasteiger charge is -2.43. The molecule has 0 saturated carbocycles. The third kappa shape index (κ3) is 3.69. The van der Waals surface area contributed by atoms with Gasteiger partial charge in [0.05, 0.1) is 12.6 Å². The van der Waals surface area contributed by atoms with E-state index >= 15 is 8.78 Å². The van der Waals surface area contributed by atoms with Gasteiger partial charge in [-0.05, 0) is 45.7 Å². The van der Waals surface area contributed by atoms with Crippen LogP contribution in [0.5, 0.6) is 5.75 Å². The predicted octanol–water partition coefficient (Wildman–Crippen LogP) is 5.93. The first-order valence-electron chi connectivity index (χ1n) is 10.4. The molecule has 6 heteroatoms. The number of alkyl halides is 1. The van der Waals surface area contributed by atoms with Crippen LogP contribution in [0.2, 0.25) is 0 Å². The van der Waals surface area contributed by atoms with Crippen LogP contribution < -0.4 is 4.74 Å². The van der Waals surface area contributed by atoms with Crippen molar-refractivity contribution in [2.75, 3.05) is 13.2 Å². The second kappa shape index (κ2) is 7.65. The molecule has 2 unspecified atom stereocenters. The van der Waals surface area contributed by atoms with Gasteiger partial charge in [0, 0.05) is 46.9 Å². The van der Waals surface area contributed by atoms with Crippen molar-refractivity contribution in [2.24, 2.45) is 0 Å². The zero-order chi connectivity index (χ0) is 21.6. The summed E-state index contributed by atoms with van der Waals surface area (Å²) in [4.78, 5) is 5.23. The Bertz CT molecular complexity index is 1050. The van der Waals surface area contributed by atoms with Gasteiger partial charge in [0.15, 0.2) is 0 Å². The van der Waals surface area contributed by atoms with E-state index < -0.39 is 23.3 Å². The van der Waals surface area contributed by atoms with Crippen molar-refractivity contribution in [1.29, 1.82) is 0 Å². The number of nitrogens with one attached hydrogen (secondary N) is 1. The molecule has 160 valence electrons. The lowest BCUT2D eigenvalue weighted by molar-refractivity contribution is 0.0642. The minimum atomic E-state index is -1.52. The Morgan fingerprint density at radius 2 is 1.83 bits per heavy atom. The largest absolute Gasteiger partial charge is 0.494 e. The molecule has 0 spiro atoms. The average Bonchev–Trinajstić information content (AvgIpc) is 3.01. The molecule has 0 amide bonds. The van der Waals surface area contributed by atoms with Gasteiger partial charge >= 0.3 is 0 Å². The smallest absolute Gasteiger partial charge is 0.135 e. The van der Waals surface area contributed by atoms with Gasteiger partial charge in [-0.3, -0.25) is 4.90 Å². The van der Waals surface area contributed by atoms with Crippen molar-refractivity contribution in [3.8, 4) is 5.75 Å². The quantitative estimate of drug-likeness (QED) is 0.558. The molecule has 1 aliphatic rings. The standard InChI is InChI=1S/C24H27F3N2O/c1-5-30-15-11-18(25)21(19(26)12-15)23-22-17(16-8-6-7-9-20(16)28-22)10-14(2)29(23)13-24(3,4)27/h6-9,11-12,14,23,28H,5,10,13H2,1-4H3. The molecule has 4 rings (SSSR count). The number of benzene rings is 2. The Hall–Kier alpha value is -2.47. The predicted molar refractivity (Wildman–Crippen MR) is 113 cm³/mol. The molecule has 0 saturated heterocycles. The molecule has 3 aromatic rings. The lowest BCUT2D eigenvalue weighted by Crippen LogP contribution is -2.48. The number of fused-ring (bicyclic) bond motifs is 3. The van der Waals surface area contributed by atoms with Crippen LogP contribution in [0, 0.1) is 11.6 Å². The van der Waals surface area contributed by atoms with Crippen LogP contribution in [0.25, 0.3) is 10.9 Å². The number of halogens is 3. The average molecular weight is 416 g/mol. The topological polar surface area (TPSA) is 28.3 Å². The molecular formula is C24H27F3N2O. The van der Waals surface area contributed by atoms with E-state index in [0.717, 1.165) is 22.2 Å². The van der Waals surface area contributed by atoms with Gasteiger partial charge in [-0.2, -0.15) is 0 Å². The van der Waals surface area contributed by atoms with Gasteiger partial charge in [-0.25, -0.2) is 13.2 Å². The molecule has 1 aliphatic heterocycles. The third-order valence-corrected chi connectivity index (χ3v) is 5.71. The number of ether oxygens (including phenoxy) is 1. The summed E-state index contributed by atoms with van der Waals surface area (Å²) in [5, 5.41) is 1.04. The third-order valence-electron chi connectivity index (χ3n) is 5.71. The maximum atomic E-state index is 15.2. The number of aromatic nitrogens is 1. The monoisotopic (exact) mass is 416 g/mol. The van der Waals surface area contributed by atoms with Crippen molar-refractivity contribution in [3.63, 3.8) is 0 Å². The number of para-hydroxylation sites is 1. The highest BCUT2D eigenvalue weighted by molar-refractivity contribution is 5.85. The highest BCUT2D eigenvalue weighted by atomic mass is 19.1. The van der Waals surface area contributed by atoms with Crippen LogP contribution in [0.4, 0.5) is 13.2 Å². The molecule has 0 radical (unpaired) electrons. The van der Waals surface area contributed by atoms with E-state index in [1.807, 2.05) is 36.1 Å². The molecule has 0 bridgehead atoms.